The molecule has 5 N–H and O–H groups in total. The van der Waals surface area contributed by atoms with E-state index in [0.29, 0.717) is 0 Å². The van der Waals surface area contributed by atoms with Crippen molar-refractivity contribution in [2.75, 3.05) is 0 Å². The molecule has 0 aromatic heterocycles. The molecule has 0 heterocycles. The van der Waals surface area contributed by atoms with E-state index in [1.54, 1.807) is 0 Å². The second-order valence-corrected chi connectivity index (χ2v) is 1.66. The van der Waals surface area contributed by atoms with Gasteiger partial charge in [0.2, 0.25) is 0 Å². The minimum atomic E-state index is -4.67. The van der Waals surface area contributed by atoms with Crippen LogP contribution in [0, 0.1) is 0 Å². The Balaban J connectivity index is -0.0000000800. The van der Waals surface area contributed by atoms with Gasteiger partial charge in [-0.05, 0) is 0 Å². The molecule has 9 heteroatoms. The van der Waals surface area contributed by atoms with Crippen LogP contribution in [0.25, 0.3) is 0 Å². The molecular formula is H5AlO7S. The third-order valence-corrected chi connectivity index (χ3v) is 0. The molecule has 0 saturated carbocycles. The van der Waals surface area contributed by atoms with E-state index < -0.39 is 25.9 Å². The van der Waals surface area contributed by atoms with Crippen LogP contribution in [-0.2, 0) is 14.2 Å². The molecule has 0 aliphatic heterocycles. The van der Waals surface area contributed by atoms with E-state index in [0.717, 1.165) is 0 Å². The molecule has 9 heavy (non-hydrogen) atoms. The third-order valence-electron chi connectivity index (χ3n) is 0. The molecule has 0 rings (SSSR count). The summed E-state index contributed by atoms with van der Waals surface area (Å²) in [4.78, 5) is 0. The summed E-state index contributed by atoms with van der Waals surface area (Å²) in [5.41, 5.74) is 0. The van der Waals surface area contributed by atoms with Crippen molar-refractivity contribution in [3.05, 3.63) is 0 Å². The molecular weight excluding hydrogens is 171 g/mol. The third kappa shape index (κ3) is 201000. The van der Waals surface area contributed by atoms with Gasteiger partial charge in [-0.2, -0.15) is 8.42 Å². The van der Waals surface area contributed by atoms with Crippen LogP contribution in [0.4, 0.5) is 0 Å². The summed E-state index contributed by atoms with van der Waals surface area (Å²) in [5, 5.41) is 0. The maximum absolute atomic E-state index is 8.74. The van der Waals surface area contributed by atoms with Crippen molar-refractivity contribution in [2.45, 2.75) is 0 Å². The summed E-state index contributed by atoms with van der Waals surface area (Å²) in [6.07, 6.45) is 0. The number of hydrogen-bond donors (Lipinski definition) is 3. The van der Waals surface area contributed by atoms with E-state index in [4.69, 9.17) is 25.5 Å². The summed E-state index contributed by atoms with van der Waals surface area (Å²) >= 11 is -1.50. The van der Waals surface area contributed by atoms with E-state index in [-0.39, 0.29) is 5.48 Å². The summed E-state index contributed by atoms with van der Waals surface area (Å²) in [7, 11) is -4.67. The first kappa shape index (κ1) is 16.0. The quantitative estimate of drug-likeness (QED) is 0.274. The van der Waals surface area contributed by atoms with Crippen molar-refractivity contribution in [3.8, 4) is 0 Å². The molecule has 0 aromatic rings. The maximum atomic E-state index is 8.74. The molecule has 0 aliphatic rings. The average molecular weight is 176 g/mol. The molecule has 0 amide bonds. The average Bonchev–Trinajstić information content (AvgIpc) is 1.27. The zero-order valence-electron chi connectivity index (χ0n) is 4.05. The number of hydrogen-bond acceptors (Lipinski definition) is 3. The fourth-order valence-corrected chi connectivity index (χ4v) is 0. The summed E-state index contributed by atoms with van der Waals surface area (Å²) in [6, 6.07) is 0. The van der Waals surface area contributed by atoms with Gasteiger partial charge in [-0.25, -0.2) is 0 Å². The second kappa shape index (κ2) is 7.96. The zero-order chi connectivity index (χ0) is 7.21. The van der Waals surface area contributed by atoms with Crippen LogP contribution in [0.1, 0.15) is 0 Å². The van der Waals surface area contributed by atoms with Gasteiger partial charge in [0.05, 0.1) is 0 Å². The topological polar surface area (TPSA) is 143 Å². The van der Waals surface area contributed by atoms with Crippen molar-refractivity contribution < 1.29 is 31.0 Å². The zero-order valence-corrected chi connectivity index (χ0v) is 6.02. The normalized spacial score (nSPS) is 7.33. The van der Waals surface area contributed by atoms with Crippen molar-refractivity contribution in [1.82, 2.24) is 0 Å². The molecule has 0 spiro atoms. The van der Waals surface area contributed by atoms with E-state index >= 15 is 0 Å². The van der Waals surface area contributed by atoms with Gasteiger partial charge in [0, 0.05) is 0 Å². The van der Waals surface area contributed by atoms with Crippen LogP contribution >= 0.6 is 0 Å². The van der Waals surface area contributed by atoms with E-state index in [1.807, 2.05) is 0 Å². The molecule has 0 aliphatic carbocycles. The van der Waals surface area contributed by atoms with Crippen LogP contribution in [0.15, 0.2) is 0 Å². The van der Waals surface area contributed by atoms with Gasteiger partial charge in [0.15, 0.2) is 0 Å². The van der Waals surface area contributed by atoms with Crippen molar-refractivity contribution >= 4 is 25.9 Å². The van der Waals surface area contributed by atoms with Gasteiger partial charge in [-0.1, -0.05) is 0 Å². The van der Waals surface area contributed by atoms with E-state index in [2.05, 4.69) is 0 Å². The summed E-state index contributed by atoms with van der Waals surface area (Å²) in [6.45, 7) is 0. The van der Waals surface area contributed by atoms with Crippen LogP contribution in [0.3, 0.4) is 0 Å². The minimum absolute atomic E-state index is 0. The Morgan fingerprint density at radius 3 is 1.22 bits per heavy atom. The molecule has 56 valence electrons. The summed E-state index contributed by atoms with van der Waals surface area (Å²) < 4.78 is 47.2. The molecule has 0 fully saturated rings. The Labute approximate surface area is 57.5 Å². The molecule has 0 atom stereocenters. The number of rotatable bonds is 0. The van der Waals surface area contributed by atoms with Crippen molar-refractivity contribution in [3.63, 3.8) is 0 Å². The van der Waals surface area contributed by atoms with Gasteiger partial charge in [-0.3, -0.25) is 9.11 Å². The summed E-state index contributed by atoms with van der Waals surface area (Å²) in [5.74, 6) is 0. The predicted molar refractivity (Wildman–Crippen MR) is 26.5 cm³/mol. The fraction of sp³-hybridized carbons (Fsp3) is 0. The molecule has 7 nitrogen and oxygen atoms in total. The molecule has 0 aromatic carbocycles. The first-order chi connectivity index (χ1) is 3.41. The molecule has 0 saturated heterocycles. The van der Waals surface area contributed by atoms with Crippen molar-refractivity contribution in [2.24, 2.45) is 0 Å². The molecule has 0 unspecified atom stereocenters. The van der Waals surface area contributed by atoms with E-state index in [1.165, 1.54) is 0 Å². The Morgan fingerprint density at radius 1 is 1.22 bits per heavy atom. The van der Waals surface area contributed by atoms with Crippen LogP contribution in [0.5, 0.6) is 0 Å². The second-order valence-electron chi connectivity index (χ2n) is 0.553. The Morgan fingerprint density at radius 2 is 1.22 bits per heavy atom. The predicted octanol–water partition coefficient (Wildman–Crippen LogP) is -2.53. The van der Waals surface area contributed by atoms with Crippen LogP contribution in [0.2, 0.25) is 0 Å². The standard InChI is InChI=1S/Al.H2O4S.2H2O.O/c;1-5(2,3)4;;;/h;(H2,1,2,3,4);2*1H2;/q+1;;;;/p-1. The van der Waals surface area contributed by atoms with Crippen molar-refractivity contribution in [1.29, 1.82) is 0 Å². The van der Waals surface area contributed by atoms with Gasteiger partial charge in [-0.15, -0.1) is 0 Å². The SMILES string of the molecule is O.O=S(=O)(O)O.[O]=[Al][OH]. The fourth-order valence-electron chi connectivity index (χ4n) is 0. The van der Waals surface area contributed by atoms with Gasteiger partial charge in [0.1, 0.15) is 0 Å². The Kier molecular flexibility index (Phi) is 14.1. The Hall–Kier alpha value is -0.0375. The first-order valence-electron chi connectivity index (χ1n) is 1.19. The van der Waals surface area contributed by atoms with Crippen LogP contribution in [-0.4, -0.2) is 42.6 Å². The van der Waals surface area contributed by atoms with Gasteiger partial charge < -0.3 is 5.48 Å². The van der Waals surface area contributed by atoms with Crippen LogP contribution < -0.4 is 0 Å². The Bertz CT molecular complexity index is 123. The van der Waals surface area contributed by atoms with Gasteiger partial charge in [0.25, 0.3) is 0 Å². The first-order valence-corrected chi connectivity index (χ1v) is 3.58. The van der Waals surface area contributed by atoms with Gasteiger partial charge >= 0.3 is 33.8 Å². The van der Waals surface area contributed by atoms with E-state index in [9.17, 15) is 0 Å². The molecule has 0 bridgehead atoms. The molecule has 0 radical (unpaired) electrons. The monoisotopic (exact) mass is 176 g/mol.